The fourth-order valence-corrected chi connectivity index (χ4v) is 2.68. The lowest BCUT2D eigenvalue weighted by atomic mass is 10.2. The zero-order valence-electron chi connectivity index (χ0n) is 12.7. The highest BCUT2D eigenvalue weighted by Crippen LogP contribution is 2.28. The van der Waals surface area contributed by atoms with E-state index >= 15 is 0 Å². The summed E-state index contributed by atoms with van der Waals surface area (Å²) in [6.45, 7) is 3.28. The average molecular weight is 299 g/mol. The summed E-state index contributed by atoms with van der Waals surface area (Å²) in [7, 11) is 1.62. The van der Waals surface area contributed by atoms with Crippen molar-refractivity contribution in [1.82, 2.24) is 4.57 Å². The van der Waals surface area contributed by atoms with Crippen LogP contribution in [0.5, 0.6) is 11.5 Å². The van der Waals surface area contributed by atoms with Crippen LogP contribution in [0.15, 0.2) is 48.5 Å². The van der Waals surface area contributed by atoms with Gasteiger partial charge in [-0.2, -0.15) is 0 Å². The van der Waals surface area contributed by atoms with Gasteiger partial charge in [-0.15, -0.1) is 0 Å². The molecular weight excluding hydrogens is 281 g/mol. The molecule has 3 rings (SSSR count). The molecule has 0 unspecified atom stereocenters. The molecule has 0 radical (unpaired) electrons. The maximum atomic E-state index is 13.4. The van der Waals surface area contributed by atoms with E-state index in [1.165, 1.54) is 6.07 Å². The molecular formula is C18H18FNO2. The van der Waals surface area contributed by atoms with E-state index in [1.807, 2.05) is 30.3 Å². The molecule has 0 aliphatic rings. The van der Waals surface area contributed by atoms with Gasteiger partial charge in [-0.3, -0.25) is 0 Å². The van der Waals surface area contributed by atoms with Crippen LogP contribution in [-0.2, 0) is 13.2 Å². The van der Waals surface area contributed by atoms with Gasteiger partial charge in [0, 0.05) is 17.4 Å². The van der Waals surface area contributed by atoms with E-state index in [4.69, 9.17) is 9.47 Å². The Balaban J connectivity index is 1.90. The molecule has 0 spiro atoms. The molecule has 114 valence electrons. The molecule has 3 aromatic rings. The number of ether oxygens (including phenoxy) is 2. The lowest BCUT2D eigenvalue weighted by Crippen LogP contribution is -2.05. The van der Waals surface area contributed by atoms with E-state index in [-0.39, 0.29) is 5.82 Å². The Kier molecular flexibility index (Phi) is 4.00. The van der Waals surface area contributed by atoms with Crippen molar-refractivity contribution in [3.8, 4) is 11.5 Å². The van der Waals surface area contributed by atoms with Crippen molar-refractivity contribution in [2.45, 2.75) is 20.1 Å². The Morgan fingerprint density at radius 2 is 1.82 bits per heavy atom. The predicted molar refractivity (Wildman–Crippen MR) is 84.9 cm³/mol. The maximum absolute atomic E-state index is 13.4. The molecule has 3 nitrogen and oxygen atoms in total. The molecule has 0 atom stereocenters. The van der Waals surface area contributed by atoms with Crippen molar-refractivity contribution < 1.29 is 13.9 Å². The van der Waals surface area contributed by atoms with E-state index in [9.17, 15) is 4.39 Å². The number of aryl methyl sites for hydroxylation is 1. The van der Waals surface area contributed by atoms with Gasteiger partial charge in [0.2, 0.25) is 0 Å². The van der Waals surface area contributed by atoms with Gasteiger partial charge >= 0.3 is 0 Å². The van der Waals surface area contributed by atoms with Crippen LogP contribution in [0.1, 0.15) is 12.6 Å². The topological polar surface area (TPSA) is 23.4 Å². The molecule has 0 N–H and O–H groups in total. The predicted octanol–water partition coefficient (Wildman–Crippen LogP) is 4.39. The van der Waals surface area contributed by atoms with Crippen LogP contribution in [0.3, 0.4) is 0 Å². The van der Waals surface area contributed by atoms with Crippen LogP contribution in [0.25, 0.3) is 10.9 Å². The number of hydrogen-bond donors (Lipinski definition) is 0. The third kappa shape index (κ3) is 2.64. The second-order valence-corrected chi connectivity index (χ2v) is 5.02. The maximum Gasteiger partial charge on any atom is 0.161 e. The SMILES string of the molecule is CCn1c(COc2ccccc2OC)cc2cc(F)ccc21. The van der Waals surface area contributed by atoms with Crippen LogP contribution in [-0.4, -0.2) is 11.7 Å². The number of methoxy groups -OCH3 is 1. The van der Waals surface area contributed by atoms with Crippen LogP contribution in [0.2, 0.25) is 0 Å². The fraction of sp³-hybridized carbons (Fsp3) is 0.222. The summed E-state index contributed by atoms with van der Waals surface area (Å²) in [5.74, 6) is 1.18. The van der Waals surface area contributed by atoms with E-state index in [0.717, 1.165) is 23.1 Å². The van der Waals surface area contributed by atoms with Crippen molar-refractivity contribution in [2.75, 3.05) is 7.11 Å². The summed E-state index contributed by atoms with van der Waals surface area (Å²) in [5.41, 5.74) is 2.02. The molecule has 0 fully saturated rings. The Morgan fingerprint density at radius 3 is 2.55 bits per heavy atom. The smallest absolute Gasteiger partial charge is 0.161 e. The van der Waals surface area contributed by atoms with E-state index in [2.05, 4.69) is 11.5 Å². The van der Waals surface area contributed by atoms with Gasteiger partial charge in [0.1, 0.15) is 12.4 Å². The Labute approximate surface area is 128 Å². The van der Waals surface area contributed by atoms with Gasteiger partial charge in [-0.1, -0.05) is 12.1 Å². The van der Waals surface area contributed by atoms with Crippen LogP contribution in [0, 0.1) is 5.82 Å². The fourth-order valence-electron chi connectivity index (χ4n) is 2.68. The van der Waals surface area contributed by atoms with Crippen LogP contribution >= 0.6 is 0 Å². The van der Waals surface area contributed by atoms with Crippen molar-refractivity contribution in [2.24, 2.45) is 0 Å². The number of fused-ring (bicyclic) bond motifs is 1. The Bertz CT molecular complexity index is 795. The molecule has 0 aliphatic carbocycles. The first-order valence-electron chi connectivity index (χ1n) is 7.26. The zero-order valence-corrected chi connectivity index (χ0v) is 12.7. The van der Waals surface area contributed by atoms with Crippen molar-refractivity contribution in [3.05, 3.63) is 60.0 Å². The molecule has 22 heavy (non-hydrogen) atoms. The molecule has 2 aromatic carbocycles. The van der Waals surface area contributed by atoms with Gasteiger partial charge in [0.25, 0.3) is 0 Å². The molecule has 0 aliphatic heterocycles. The second-order valence-electron chi connectivity index (χ2n) is 5.02. The van der Waals surface area contributed by atoms with Gasteiger partial charge in [0.15, 0.2) is 11.5 Å². The number of nitrogens with zero attached hydrogens (tertiary/aromatic N) is 1. The summed E-state index contributed by atoms with van der Waals surface area (Å²) in [6.07, 6.45) is 0. The summed E-state index contributed by atoms with van der Waals surface area (Å²) in [5, 5.41) is 0.889. The summed E-state index contributed by atoms with van der Waals surface area (Å²) in [6, 6.07) is 14.4. The minimum Gasteiger partial charge on any atom is -0.493 e. The highest BCUT2D eigenvalue weighted by atomic mass is 19.1. The molecule has 0 saturated heterocycles. The number of para-hydroxylation sites is 2. The average Bonchev–Trinajstić information content (AvgIpc) is 2.89. The second kappa shape index (κ2) is 6.10. The minimum atomic E-state index is -0.224. The number of hydrogen-bond acceptors (Lipinski definition) is 2. The first-order chi connectivity index (χ1) is 10.7. The van der Waals surface area contributed by atoms with Crippen molar-refractivity contribution in [1.29, 1.82) is 0 Å². The summed E-state index contributed by atoms with van der Waals surface area (Å²) < 4.78 is 26.7. The number of halogens is 1. The van der Waals surface area contributed by atoms with E-state index in [1.54, 1.807) is 19.2 Å². The van der Waals surface area contributed by atoms with E-state index < -0.39 is 0 Å². The Morgan fingerprint density at radius 1 is 1.05 bits per heavy atom. The van der Waals surface area contributed by atoms with Crippen molar-refractivity contribution >= 4 is 10.9 Å². The van der Waals surface area contributed by atoms with Gasteiger partial charge in [0.05, 0.1) is 12.8 Å². The third-order valence-electron chi connectivity index (χ3n) is 3.71. The molecule has 0 amide bonds. The van der Waals surface area contributed by atoms with Gasteiger partial charge in [-0.25, -0.2) is 4.39 Å². The normalized spacial score (nSPS) is 10.9. The molecule has 4 heteroatoms. The highest BCUT2D eigenvalue weighted by molar-refractivity contribution is 5.81. The lowest BCUT2D eigenvalue weighted by molar-refractivity contribution is 0.277. The van der Waals surface area contributed by atoms with Crippen LogP contribution in [0.4, 0.5) is 4.39 Å². The summed E-state index contributed by atoms with van der Waals surface area (Å²) in [4.78, 5) is 0. The molecule has 1 aromatic heterocycles. The lowest BCUT2D eigenvalue weighted by Gasteiger charge is -2.12. The largest absolute Gasteiger partial charge is 0.493 e. The first-order valence-corrected chi connectivity index (χ1v) is 7.26. The monoisotopic (exact) mass is 299 g/mol. The molecule has 0 bridgehead atoms. The third-order valence-corrected chi connectivity index (χ3v) is 3.71. The molecule has 1 heterocycles. The minimum absolute atomic E-state index is 0.224. The number of rotatable bonds is 5. The van der Waals surface area contributed by atoms with Crippen molar-refractivity contribution in [3.63, 3.8) is 0 Å². The number of aromatic nitrogens is 1. The number of benzene rings is 2. The van der Waals surface area contributed by atoms with Crippen LogP contribution < -0.4 is 9.47 Å². The first kappa shape index (κ1) is 14.4. The molecule has 0 saturated carbocycles. The quantitative estimate of drug-likeness (QED) is 0.697. The van der Waals surface area contributed by atoms with Gasteiger partial charge < -0.3 is 14.0 Å². The van der Waals surface area contributed by atoms with E-state index in [0.29, 0.717) is 18.1 Å². The standard InChI is InChI=1S/C18H18FNO2/c1-3-20-15(11-13-10-14(19)8-9-16(13)20)12-22-18-7-5-4-6-17(18)21-2/h4-11H,3,12H2,1-2H3. The highest BCUT2D eigenvalue weighted by Gasteiger charge is 2.10. The Hall–Kier alpha value is -2.49. The zero-order chi connectivity index (χ0) is 15.5. The summed E-state index contributed by atoms with van der Waals surface area (Å²) >= 11 is 0. The van der Waals surface area contributed by atoms with Gasteiger partial charge in [-0.05, 0) is 43.3 Å².